The van der Waals surface area contributed by atoms with Gasteiger partial charge in [0.2, 0.25) is 0 Å². The van der Waals surface area contributed by atoms with Crippen molar-refractivity contribution < 1.29 is 9.84 Å². The zero-order valence-corrected chi connectivity index (χ0v) is 16.0. The molecule has 1 aliphatic rings. The maximum atomic E-state index is 9.81. The van der Waals surface area contributed by atoms with E-state index >= 15 is 0 Å². The topological polar surface area (TPSA) is 83.7 Å². The van der Waals surface area contributed by atoms with Gasteiger partial charge in [-0.05, 0) is 18.2 Å². The van der Waals surface area contributed by atoms with Gasteiger partial charge in [-0.15, -0.1) is 0 Å². The molecule has 7 nitrogen and oxygen atoms in total. The Bertz CT molecular complexity index is 973. The third-order valence-electron chi connectivity index (χ3n) is 4.15. The highest BCUT2D eigenvalue weighted by Gasteiger charge is 2.19. The Balaban J connectivity index is 1.91. The number of rotatable bonds is 3. The molecule has 0 spiro atoms. The number of hydrogen-bond acceptors (Lipinski definition) is 7. The molecule has 1 fully saturated rings. The molecule has 3 heterocycles. The fourth-order valence-corrected chi connectivity index (χ4v) is 3.24. The zero-order chi connectivity index (χ0) is 17.9. The van der Waals surface area contributed by atoms with Crippen molar-refractivity contribution in [2.45, 2.75) is 0 Å². The molecular weight excluding hydrogens is 445 g/mol. The Morgan fingerprint density at radius 2 is 2.04 bits per heavy atom. The van der Waals surface area contributed by atoms with E-state index in [2.05, 4.69) is 18.1 Å². The second-order valence-corrected chi connectivity index (χ2v) is 6.44. The van der Waals surface area contributed by atoms with Gasteiger partial charge in [-0.3, -0.25) is 4.98 Å². The number of anilines is 1. The van der Waals surface area contributed by atoms with Gasteiger partial charge in [0.15, 0.2) is 11.6 Å². The van der Waals surface area contributed by atoms with Crippen LogP contribution in [0.2, 0.25) is 0 Å². The highest BCUT2D eigenvalue weighted by Crippen LogP contribution is 2.28. The number of ether oxygens (including phenoxy) is 1. The minimum Gasteiger partial charge on any atom is -0.508 e. The molecule has 0 unspecified atom stereocenters. The molecule has 26 heavy (non-hydrogen) atoms. The minimum absolute atomic E-state index is 0.183. The van der Waals surface area contributed by atoms with E-state index in [9.17, 15) is 5.11 Å². The van der Waals surface area contributed by atoms with Gasteiger partial charge in [-0.25, -0.2) is 13.2 Å². The summed E-state index contributed by atoms with van der Waals surface area (Å²) in [7, 11) is 0. The first-order valence-corrected chi connectivity index (χ1v) is 9.15. The number of nitrogens with zero attached hydrogens (tertiary/aromatic N) is 5. The van der Waals surface area contributed by atoms with Crippen LogP contribution in [0.25, 0.3) is 22.4 Å². The normalized spacial score (nSPS) is 15.0. The van der Waals surface area contributed by atoms with E-state index in [1.807, 2.05) is 35.0 Å². The lowest BCUT2D eigenvalue weighted by Crippen LogP contribution is -2.37. The molecule has 8 heteroatoms. The number of hydrogen-bond donors (Lipinski definition) is 1. The molecule has 3 aromatic rings. The number of fused-ring (bicyclic) bond motifs is 1. The summed E-state index contributed by atoms with van der Waals surface area (Å²) in [5, 5.41) is 9.81. The van der Waals surface area contributed by atoms with Crippen LogP contribution in [0.1, 0.15) is 5.56 Å². The predicted octanol–water partition coefficient (Wildman–Crippen LogP) is 3.00. The van der Waals surface area contributed by atoms with Gasteiger partial charge in [0.1, 0.15) is 11.3 Å². The van der Waals surface area contributed by atoms with Gasteiger partial charge >= 0.3 is 0 Å². The van der Waals surface area contributed by atoms with Crippen molar-refractivity contribution >= 4 is 45.9 Å². The number of pyridine rings is 1. The first kappa shape index (κ1) is 17.1. The Hall–Kier alpha value is -2.33. The molecular formula is C18H16IN5O2. The predicted molar refractivity (Wildman–Crippen MR) is 109 cm³/mol. The van der Waals surface area contributed by atoms with E-state index in [-0.39, 0.29) is 5.75 Å². The molecule has 1 N–H and O–H groups in total. The first-order chi connectivity index (χ1) is 12.7. The lowest BCUT2D eigenvalue weighted by molar-refractivity contribution is 0.122. The molecule has 1 aliphatic heterocycles. The highest BCUT2D eigenvalue weighted by atomic mass is 127. The highest BCUT2D eigenvalue weighted by molar-refractivity contribution is 14.1. The zero-order valence-electron chi connectivity index (χ0n) is 13.8. The van der Waals surface area contributed by atoms with E-state index in [0.717, 1.165) is 41.1 Å². The van der Waals surface area contributed by atoms with Crippen LogP contribution in [-0.2, 0) is 4.74 Å². The lowest BCUT2D eigenvalue weighted by atomic mass is 10.2. The Labute approximate surface area is 164 Å². The van der Waals surface area contributed by atoms with Gasteiger partial charge in [0.05, 0.1) is 41.6 Å². The minimum atomic E-state index is 0.183. The number of morpholine rings is 1. The third kappa shape index (κ3) is 3.47. The third-order valence-corrected chi connectivity index (χ3v) is 4.43. The van der Waals surface area contributed by atoms with Gasteiger partial charge < -0.3 is 14.7 Å². The van der Waals surface area contributed by atoms with Crippen molar-refractivity contribution in [2.24, 2.45) is 3.21 Å². The summed E-state index contributed by atoms with van der Waals surface area (Å²) in [5.41, 5.74) is 3.13. The summed E-state index contributed by atoms with van der Waals surface area (Å²) in [4.78, 5) is 16.2. The summed E-state index contributed by atoms with van der Waals surface area (Å²) in [6.07, 6.45) is 3.50. The second-order valence-electron chi connectivity index (χ2n) is 5.88. The van der Waals surface area contributed by atoms with Gasteiger partial charge in [-0.1, -0.05) is 12.1 Å². The molecule has 0 bridgehead atoms. The molecule has 2 aromatic heterocycles. The maximum absolute atomic E-state index is 9.81. The number of phenols is 1. The van der Waals surface area contributed by atoms with Crippen molar-refractivity contribution in [1.29, 1.82) is 0 Å². The van der Waals surface area contributed by atoms with Crippen molar-refractivity contribution in [3.63, 3.8) is 0 Å². The molecule has 0 atom stereocenters. The monoisotopic (exact) mass is 461 g/mol. The Morgan fingerprint density at radius 1 is 1.19 bits per heavy atom. The molecule has 0 aliphatic carbocycles. The largest absolute Gasteiger partial charge is 0.508 e. The van der Waals surface area contributed by atoms with Crippen molar-refractivity contribution in [3.05, 3.63) is 42.1 Å². The van der Waals surface area contributed by atoms with Crippen molar-refractivity contribution in [2.75, 3.05) is 31.2 Å². The second kappa shape index (κ2) is 7.50. The van der Waals surface area contributed by atoms with Crippen LogP contribution in [-0.4, -0.2) is 52.6 Å². The van der Waals surface area contributed by atoms with Crippen molar-refractivity contribution in [3.8, 4) is 17.1 Å². The van der Waals surface area contributed by atoms with Crippen LogP contribution in [0.15, 0.2) is 39.7 Å². The standard InChI is InChI=1S/C18H16IN5O2/c19-21-11-12-8-15-16(20-10-12)18(24-4-6-26-7-5-24)23-17(22-15)13-2-1-3-14(25)9-13/h1-3,8-11,25H,4-7H2/b21-11-. The maximum Gasteiger partial charge on any atom is 0.162 e. The van der Waals surface area contributed by atoms with E-state index in [1.165, 1.54) is 0 Å². The summed E-state index contributed by atoms with van der Waals surface area (Å²) < 4.78 is 9.48. The van der Waals surface area contributed by atoms with Gasteiger partial charge in [-0.2, -0.15) is 0 Å². The van der Waals surface area contributed by atoms with Crippen LogP contribution in [0.5, 0.6) is 5.75 Å². The number of aromatic nitrogens is 3. The molecule has 0 radical (unpaired) electrons. The van der Waals surface area contributed by atoms with E-state index in [0.29, 0.717) is 19.0 Å². The summed E-state index contributed by atoms with van der Waals surface area (Å²) in [6, 6.07) is 8.90. The Kier molecular flexibility index (Phi) is 4.93. The van der Waals surface area contributed by atoms with Crippen molar-refractivity contribution in [1.82, 2.24) is 15.0 Å². The lowest BCUT2D eigenvalue weighted by Gasteiger charge is -2.28. The average Bonchev–Trinajstić information content (AvgIpc) is 2.68. The average molecular weight is 461 g/mol. The van der Waals surface area contributed by atoms with E-state index < -0.39 is 0 Å². The number of phenolic OH excluding ortho intramolecular Hbond substituents is 1. The smallest absolute Gasteiger partial charge is 0.162 e. The van der Waals surface area contributed by atoms with E-state index in [4.69, 9.17) is 9.72 Å². The number of aromatic hydroxyl groups is 1. The van der Waals surface area contributed by atoms with Crippen LogP contribution < -0.4 is 4.90 Å². The number of halogens is 1. The van der Waals surface area contributed by atoms with Gasteiger partial charge in [0.25, 0.3) is 0 Å². The summed E-state index contributed by atoms with van der Waals surface area (Å²) >= 11 is 1.94. The first-order valence-electron chi connectivity index (χ1n) is 8.19. The van der Waals surface area contributed by atoms with Crippen LogP contribution in [0, 0.1) is 0 Å². The van der Waals surface area contributed by atoms with E-state index in [1.54, 1.807) is 30.6 Å². The molecule has 0 saturated carbocycles. The van der Waals surface area contributed by atoms with Crippen LogP contribution >= 0.6 is 22.9 Å². The van der Waals surface area contributed by atoms with Crippen LogP contribution in [0.3, 0.4) is 0 Å². The molecule has 4 rings (SSSR count). The SMILES string of the molecule is Oc1cccc(-c2nc(N3CCOCC3)c3ncc(/C=N\I)cc3n2)c1. The fraction of sp³-hybridized carbons (Fsp3) is 0.222. The summed E-state index contributed by atoms with van der Waals surface area (Å²) in [5.74, 6) is 1.53. The summed E-state index contributed by atoms with van der Waals surface area (Å²) in [6.45, 7) is 2.83. The number of benzene rings is 1. The molecule has 0 amide bonds. The molecule has 132 valence electrons. The van der Waals surface area contributed by atoms with Crippen LogP contribution in [0.4, 0.5) is 5.82 Å². The Morgan fingerprint density at radius 3 is 2.81 bits per heavy atom. The molecule has 1 saturated heterocycles. The fourth-order valence-electron chi connectivity index (χ4n) is 2.92. The van der Waals surface area contributed by atoms with Gasteiger partial charge in [0, 0.05) is 36.6 Å². The molecule has 1 aromatic carbocycles. The quantitative estimate of drug-likeness (QED) is 0.477.